The van der Waals surface area contributed by atoms with Gasteiger partial charge in [-0.1, -0.05) is 0 Å². The van der Waals surface area contributed by atoms with E-state index >= 15 is 0 Å². The van der Waals surface area contributed by atoms with E-state index in [-0.39, 0.29) is 24.2 Å². The van der Waals surface area contributed by atoms with Crippen molar-refractivity contribution in [2.45, 2.75) is 19.8 Å². The van der Waals surface area contributed by atoms with Crippen LogP contribution in [-0.2, 0) is 4.79 Å². The van der Waals surface area contributed by atoms with E-state index in [9.17, 15) is 4.79 Å². The lowest BCUT2D eigenvalue weighted by molar-refractivity contribution is -0.120. The van der Waals surface area contributed by atoms with E-state index < -0.39 is 0 Å². The SMILES string of the molecule is Cc1ccc(NC(=O)C2CCNCC2)cn1.Cl. The van der Waals surface area contributed by atoms with Crippen LogP contribution in [0.3, 0.4) is 0 Å². The lowest BCUT2D eigenvalue weighted by Gasteiger charge is -2.21. The molecule has 1 fully saturated rings. The van der Waals surface area contributed by atoms with Crippen LogP contribution in [0.2, 0.25) is 0 Å². The second-order valence-corrected chi connectivity index (χ2v) is 4.20. The van der Waals surface area contributed by atoms with E-state index in [4.69, 9.17) is 0 Å². The van der Waals surface area contributed by atoms with Gasteiger partial charge in [-0.25, -0.2) is 0 Å². The average Bonchev–Trinajstić information content (AvgIpc) is 2.33. The molecule has 5 heteroatoms. The van der Waals surface area contributed by atoms with Crippen LogP contribution in [0.4, 0.5) is 5.69 Å². The Morgan fingerprint density at radius 1 is 1.41 bits per heavy atom. The van der Waals surface area contributed by atoms with Crippen molar-refractivity contribution in [1.29, 1.82) is 0 Å². The quantitative estimate of drug-likeness (QED) is 0.847. The van der Waals surface area contributed by atoms with E-state index in [1.807, 2.05) is 19.1 Å². The Labute approximate surface area is 108 Å². The van der Waals surface area contributed by atoms with Crippen molar-refractivity contribution >= 4 is 24.0 Å². The van der Waals surface area contributed by atoms with Crippen molar-refractivity contribution in [3.05, 3.63) is 24.0 Å². The van der Waals surface area contributed by atoms with Gasteiger partial charge >= 0.3 is 0 Å². The van der Waals surface area contributed by atoms with E-state index in [2.05, 4.69) is 15.6 Å². The smallest absolute Gasteiger partial charge is 0.227 e. The number of aryl methyl sites for hydroxylation is 1. The first kappa shape index (κ1) is 13.9. The first-order valence-electron chi connectivity index (χ1n) is 5.70. The Morgan fingerprint density at radius 2 is 2.12 bits per heavy atom. The van der Waals surface area contributed by atoms with Crippen LogP contribution < -0.4 is 10.6 Å². The monoisotopic (exact) mass is 255 g/mol. The molecule has 2 N–H and O–H groups in total. The van der Waals surface area contributed by atoms with Crippen LogP contribution in [-0.4, -0.2) is 24.0 Å². The number of hydrogen-bond acceptors (Lipinski definition) is 3. The number of amides is 1. The summed E-state index contributed by atoms with van der Waals surface area (Å²) in [6.45, 7) is 3.80. The maximum Gasteiger partial charge on any atom is 0.227 e. The highest BCUT2D eigenvalue weighted by Crippen LogP contribution is 2.15. The molecular weight excluding hydrogens is 238 g/mol. The maximum absolute atomic E-state index is 11.9. The zero-order valence-corrected chi connectivity index (χ0v) is 10.7. The molecule has 1 aliphatic rings. The number of anilines is 1. The highest BCUT2D eigenvalue weighted by atomic mass is 35.5. The first-order chi connectivity index (χ1) is 7.75. The Kier molecular flexibility index (Phi) is 5.38. The summed E-state index contributed by atoms with van der Waals surface area (Å²) in [5, 5.41) is 6.16. The molecule has 0 spiro atoms. The van der Waals surface area contributed by atoms with Crippen LogP contribution in [0.5, 0.6) is 0 Å². The molecule has 4 nitrogen and oxygen atoms in total. The molecule has 0 aliphatic carbocycles. The fourth-order valence-electron chi connectivity index (χ4n) is 1.87. The standard InChI is InChI=1S/C12H17N3O.ClH/c1-9-2-3-11(8-14-9)15-12(16)10-4-6-13-7-5-10;/h2-3,8,10,13H,4-7H2,1H3,(H,15,16);1H. The summed E-state index contributed by atoms with van der Waals surface area (Å²) in [6.07, 6.45) is 3.55. The number of carbonyl (C=O) groups is 1. The molecule has 1 amide bonds. The van der Waals surface area contributed by atoms with Gasteiger partial charge in [-0.3, -0.25) is 9.78 Å². The fraction of sp³-hybridized carbons (Fsp3) is 0.500. The molecule has 2 rings (SSSR count). The first-order valence-corrected chi connectivity index (χ1v) is 5.70. The van der Waals surface area contributed by atoms with Gasteiger partial charge in [0.2, 0.25) is 5.91 Å². The van der Waals surface area contributed by atoms with Gasteiger partial charge < -0.3 is 10.6 Å². The lowest BCUT2D eigenvalue weighted by Crippen LogP contribution is -2.34. The summed E-state index contributed by atoms with van der Waals surface area (Å²) in [7, 11) is 0. The zero-order valence-electron chi connectivity index (χ0n) is 9.90. The van der Waals surface area contributed by atoms with Gasteiger partial charge in [0.25, 0.3) is 0 Å². The molecule has 1 aliphatic heterocycles. The van der Waals surface area contributed by atoms with Gasteiger partial charge in [-0.05, 0) is 45.0 Å². The fourth-order valence-corrected chi connectivity index (χ4v) is 1.87. The van der Waals surface area contributed by atoms with Crippen LogP contribution in [0, 0.1) is 12.8 Å². The Morgan fingerprint density at radius 3 is 2.71 bits per heavy atom. The van der Waals surface area contributed by atoms with Crippen molar-refractivity contribution < 1.29 is 4.79 Å². The van der Waals surface area contributed by atoms with Crippen molar-refractivity contribution in [1.82, 2.24) is 10.3 Å². The summed E-state index contributed by atoms with van der Waals surface area (Å²) in [6, 6.07) is 3.79. The Bertz CT molecular complexity index is 361. The minimum atomic E-state index is 0. The second-order valence-electron chi connectivity index (χ2n) is 4.20. The molecule has 1 aromatic heterocycles. The van der Waals surface area contributed by atoms with E-state index in [0.717, 1.165) is 37.3 Å². The molecule has 1 saturated heterocycles. The van der Waals surface area contributed by atoms with Gasteiger partial charge in [-0.15, -0.1) is 12.4 Å². The average molecular weight is 256 g/mol. The van der Waals surface area contributed by atoms with Crippen LogP contribution in [0.25, 0.3) is 0 Å². The molecular formula is C12H18ClN3O. The van der Waals surface area contributed by atoms with Gasteiger partial charge in [0, 0.05) is 11.6 Å². The molecule has 2 heterocycles. The predicted octanol–water partition coefficient (Wildman–Crippen LogP) is 1.75. The molecule has 17 heavy (non-hydrogen) atoms. The van der Waals surface area contributed by atoms with E-state index in [1.165, 1.54) is 0 Å². The summed E-state index contributed by atoms with van der Waals surface area (Å²) < 4.78 is 0. The molecule has 1 aromatic rings. The molecule has 0 aromatic carbocycles. The minimum absolute atomic E-state index is 0. The maximum atomic E-state index is 11.9. The molecule has 0 saturated carbocycles. The van der Waals surface area contributed by atoms with Gasteiger partial charge in [-0.2, -0.15) is 0 Å². The summed E-state index contributed by atoms with van der Waals surface area (Å²) in [5.41, 5.74) is 1.74. The third kappa shape index (κ3) is 3.98. The third-order valence-electron chi connectivity index (χ3n) is 2.89. The topological polar surface area (TPSA) is 54.0 Å². The third-order valence-corrected chi connectivity index (χ3v) is 2.89. The van der Waals surface area contributed by atoms with Crippen molar-refractivity contribution in [3.63, 3.8) is 0 Å². The number of rotatable bonds is 2. The largest absolute Gasteiger partial charge is 0.324 e. The van der Waals surface area contributed by atoms with Crippen LogP contribution in [0.15, 0.2) is 18.3 Å². The summed E-state index contributed by atoms with van der Waals surface area (Å²) in [4.78, 5) is 16.0. The highest BCUT2D eigenvalue weighted by molar-refractivity contribution is 5.92. The molecule has 0 bridgehead atoms. The number of nitrogens with zero attached hydrogens (tertiary/aromatic N) is 1. The zero-order chi connectivity index (χ0) is 11.4. The number of aromatic nitrogens is 1. The van der Waals surface area contributed by atoms with Gasteiger partial charge in [0.1, 0.15) is 0 Å². The summed E-state index contributed by atoms with van der Waals surface area (Å²) in [5.74, 6) is 0.259. The number of carbonyl (C=O) groups excluding carboxylic acids is 1. The van der Waals surface area contributed by atoms with Gasteiger partial charge in [0.15, 0.2) is 0 Å². The molecule has 0 radical (unpaired) electrons. The summed E-state index contributed by atoms with van der Waals surface area (Å²) >= 11 is 0. The number of nitrogens with one attached hydrogen (secondary N) is 2. The number of hydrogen-bond donors (Lipinski definition) is 2. The molecule has 0 unspecified atom stereocenters. The van der Waals surface area contributed by atoms with Crippen LogP contribution >= 0.6 is 12.4 Å². The van der Waals surface area contributed by atoms with Crippen LogP contribution in [0.1, 0.15) is 18.5 Å². The van der Waals surface area contributed by atoms with E-state index in [0.29, 0.717) is 0 Å². The highest BCUT2D eigenvalue weighted by Gasteiger charge is 2.20. The second kappa shape index (κ2) is 6.57. The van der Waals surface area contributed by atoms with E-state index in [1.54, 1.807) is 6.20 Å². The number of halogens is 1. The lowest BCUT2D eigenvalue weighted by atomic mass is 9.97. The van der Waals surface area contributed by atoms with Crippen molar-refractivity contribution in [2.24, 2.45) is 5.92 Å². The number of pyridine rings is 1. The Balaban J connectivity index is 0.00000144. The number of piperidine rings is 1. The van der Waals surface area contributed by atoms with Crippen molar-refractivity contribution in [2.75, 3.05) is 18.4 Å². The molecule has 0 atom stereocenters. The predicted molar refractivity (Wildman–Crippen MR) is 70.4 cm³/mol. The Hall–Kier alpha value is -1.13. The normalized spacial score (nSPS) is 16.1. The van der Waals surface area contributed by atoms with Gasteiger partial charge in [0.05, 0.1) is 11.9 Å². The molecule has 94 valence electrons. The van der Waals surface area contributed by atoms with Crippen molar-refractivity contribution in [3.8, 4) is 0 Å². The minimum Gasteiger partial charge on any atom is -0.324 e.